The zero-order valence-corrected chi connectivity index (χ0v) is 12.7. The van der Waals surface area contributed by atoms with Crippen LogP contribution >= 0.6 is 0 Å². The summed E-state index contributed by atoms with van der Waals surface area (Å²) in [5.74, 6) is 1.54. The molecule has 0 spiro atoms. The number of hydrogen-bond donors (Lipinski definition) is 1. The van der Waals surface area contributed by atoms with Crippen molar-refractivity contribution in [2.75, 3.05) is 26.8 Å². The predicted octanol–water partition coefficient (Wildman–Crippen LogP) is 2.12. The van der Waals surface area contributed by atoms with E-state index in [4.69, 9.17) is 4.74 Å². The minimum Gasteiger partial charge on any atom is -0.383 e. The summed E-state index contributed by atoms with van der Waals surface area (Å²) in [5.41, 5.74) is 0.327. The Morgan fingerprint density at radius 2 is 2.06 bits per heavy atom. The molecule has 1 aliphatic heterocycles. The summed E-state index contributed by atoms with van der Waals surface area (Å²) >= 11 is 0. The molecule has 0 bridgehead atoms. The standard InChI is InChI=1S/C15H30N2O/c1-11(2)14(9-18-5)17-10-15(4,13-6-7-13)16-8-12(17)3/h11-14,16H,6-10H2,1-5H3. The lowest BCUT2D eigenvalue weighted by Crippen LogP contribution is -2.66. The van der Waals surface area contributed by atoms with E-state index in [-0.39, 0.29) is 0 Å². The van der Waals surface area contributed by atoms with Crippen LogP contribution in [0.3, 0.4) is 0 Å². The third kappa shape index (κ3) is 2.89. The Hall–Kier alpha value is -0.120. The van der Waals surface area contributed by atoms with Crippen LogP contribution < -0.4 is 5.32 Å². The maximum Gasteiger partial charge on any atom is 0.0620 e. The molecule has 2 aliphatic rings. The summed E-state index contributed by atoms with van der Waals surface area (Å²) in [6, 6.07) is 1.16. The van der Waals surface area contributed by atoms with Crippen LogP contribution in [0.2, 0.25) is 0 Å². The average molecular weight is 254 g/mol. The van der Waals surface area contributed by atoms with Gasteiger partial charge in [0.05, 0.1) is 6.61 Å². The van der Waals surface area contributed by atoms with Gasteiger partial charge in [-0.1, -0.05) is 13.8 Å². The fraction of sp³-hybridized carbons (Fsp3) is 1.00. The van der Waals surface area contributed by atoms with Crippen LogP contribution in [0.5, 0.6) is 0 Å². The smallest absolute Gasteiger partial charge is 0.0620 e. The van der Waals surface area contributed by atoms with Crippen molar-refractivity contribution in [2.24, 2.45) is 11.8 Å². The minimum atomic E-state index is 0.327. The van der Waals surface area contributed by atoms with Gasteiger partial charge in [0.1, 0.15) is 0 Å². The van der Waals surface area contributed by atoms with Crippen molar-refractivity contribution >= 4 is 0 Å². The van der Waals surface area contributed by atoms with Gasteiger partial charge in [-0.2, -0.15) is 0 Å². The van der Waals surface area contributed by atoms with E-state index in [0.29, 0.717) is 23.5 Å². The summed E-state index contributed by atoms with van der Waals surface area (Å²) in [6.07, 6.45) is 2.81. The molecular weight excluding hydrogens is 224 g/mol. The molecule has 0 aromatic heterocycles. The van der Waals surface area contributed by atoms with E-state index in [0.717, 1.165) is 19.1 Å². The van der Waals surface area contributed by atoms with Gasteiger partial charge in [0.2, 0.25) is 0 Å². The normalized spacial score (nSPS) is 36.0. The molecule has 1 saturated heterocycles. The van der Waals surface area contributed by atoms with Gasteiger partial charge in [0, 0.05) is 37.8 Å². The molecule has 1 saturated carbocycles. The van der Waals surface area contributed by atoms with E-state index in [1.165, 1.54) is 19.4 Å². The lowest BCUT2D eigenvalue weighted by molar-refractivity contribution is -0.00590. The third-order valence-corrected chi connectivity index (χ3v) is 4.89. The summed E-state index contributed by atoms with van der Waals surface area (Å²) in [6.45, 7) is 12.5. The van der Waals surface area contributed by atoms with Gasteiger partial charge < -0.3 is 10.1 Å². The van der Waals surface area contributed by atoms with Crippen molar-refractivity contribution in [3.8, 4) is 0 Å². The fourth-order valence-electron chi connectivity index (χ4n) is 3.37. The molecule has 0 aromatic rings. The number of ether oxygens (including phenoxy) is 1. The highest BCUT2D eigenvalue weighted by Crippen LogP contribution is 2.41. The molecule has 2 rings (SSSR count). The van der Waals surface area contributed by atoms with E-state index in [2.05, 4.69) is 37.9 Å². The lowest BCUT2D eigenvalue weighted by Gasteiger charge is -2.49. The molecule has 1 aliphatic carbocycles. The largest absolute Gasteiger partial charge is 0.383 e. The number of piperazine rings is 1. The Kier molecular flexibility index (Phi) is 4.35. The summed E-state index contributed by atoms with van der Waals surface area (Å²) in [5, 5.41) is 3.79. The topological polar surface area (TPSA) is 24.5 Å². The second-order valence-corrected chi connectivity index (χ2v) is 6.86. The highest BCUT2D eigenvalue weighted by atomic mass is 16.5. The van der Waals surface area contributed by atoms with Crippen molar-refractivity contribution in [1.82, 2.24) is 10.2 Å². The Balaban J connectivity index is 2.07. The van der Waals surface area contributed by atoms with E-state index < -0.39 is 0 Å². The highest BCUT2D eigenvalue weighted by molar-refractivity contribution is 5.04. The van der Waals surface area contributed by atoms with Crippen LogP contribution in [0.4, 0.5) is 0 Å². The van der Waals surface area contributed by atoms with E-state index in [1.807, 2.05) is 7.11 Å². The molecule has 0 aromatic carbocycles. The van der Waals surface area contributed by atoms with Crippen LogP contribution in [0.15, 0.2) is 0 Å². The Morgan fingerprint density at radius 1 is 1.39 bits per heavy atom. The highest BCUT2D eigenvalue weighted by Gasteiger charge is 2.46. The maximum absolute atomic E-state index is 5.45. The van der Waals surface area contributed by atoms with Gasteiger partial charge in [-0.05, 0) is 38.5 Å². The molecule has 0 amide bonds. The predicted molar refractivity (Wildman–Crippen MR) is 75.8 cm³/mol. The summed E-state index contributed by atoms with van der Waals surface area (Å²) < 4.78 is 5.45. The Bertz CT molecular complexity index is 278. The van der Waals surface area contributed by atoms with Gasteiger partial charge >= 0.3 is 0 Å². The molecule has 18 heavy (non-hydrogen) atoms. The number of nitrogens with zero attached hydrogens (tertiary/aromatic N) is 1. The lowest BCUT2D eigenvalue weighted by atomic mass is 9.88. The van der Waals surface area contributed by atoms with Gasteiger partial charge in [0.25, 0.3) is 0 Å². The number of rotatable bonds is 5. The first kappa shape index (κ1) is 14.3. The van der Waals surface area contributed by atoms with Crippen molar-refractivity contribution in [3.63, 3.8) is 0 Å². The number of hydrogen-bond acceptors (Lipinski definition) is 3. The van der Waals surface area contributed by atoms with Crippen molar-refractivity contribution in [1.29, 1.82) is 0 Å². The maximum atomic E-state index is 5.45. The second kappa shape index (κ2) is 5.48. The van der Waals surface area contributed by atoms with Crippen molar-refractivity contribution < 1.29 is 4.74 Å². The van der Waals surface area contributed by atoms with Gasteiger partial charge in [-0.25, -0.2) is 0 Å². The minimum absolute atomic E-state index is 0.327. The fourth-order valence-corrected chi connectivity index (χ4v) is 3.37. The monoisotopic (exact) mass is 254 g/mol. The second-order valence-electron chi connectivity index (χ2n) is 6.86. The number of nitrogens with one attached hydrogen (secondary N) is 1. The molecule has 3 heteroatoms. The molecular formula is C15H30N2O. The SMILES string of the molecule is COCC(C(C)C)N1CC(C)(C2CC2)NCC1C. The zero-order chi connectivity index (χ0) is 13.3. The molecule has 0 radical (unpaired) electrons. The van der Waals surface area contributed by atoms with Crippen LogP contribution in [0, 0.1) is 11.8 Å². The molecule has 2 fully saturated rings. The molecule has 3 unspecified atom stereocenters. The van der Waals surface area contributed by atoms with E-state index >= 15 is 0 Å². The van der Waals surface area contributed by atoms with Crippen molar-refractivity contribution in [2.45, 2.75) is 58.2 Å². The first-order valence-electron chi connectivity index (χ1n) is 7.47. The van der Waals surface area contributed by atoms with Crippen LogP contribution in [0.1, 0.15) is 40.5 Å². The van der Waals surface area contributed by atoms with Crippen LogP contribution in [-0.4, -0.2) is 49.3 Å². The van der Waals surface area contributed by atoms with E-state index in [9.17, 15) is 0 Å². The Labute approximate surface area is 112 Å². The molecule has 1 heterocycles. The third-order valence-electron chi connectivity index (χ3n) is 4.89. The molecule has 3 nitrogen and oxygen atoms in total. The average Bonchev–Trinajstić information content (AvgIpc) is 3.14. The molecule has 3 atom stereocenters. The van der Waals surface area contributed by atoms with Gasteiger partial charge in [-0.3, -0.25) is 4.90 Å². The number of methoxy groups -OCH3 is 1. The molecule has 1 N–H and O–H groups in total. The van der Waals surface area contributed by atoms with Crippen LogP contribution in [0.25, 0.3) is 0 Å². The van der Waals surface area contributed by atoms with Gasteiger partial charge in [0.15, 0.2) is 0 Å². The summed E-state index contributed by atoms with van der Waals surface area (Å²) in [4.78, 5) is 2.68. The molecule has 106 valence electrons. The zero-order valence-electron chi connectivity index (χ0n) is 12.7. The Morgan fingerprint density at radius 3 is 2.56 bits per heavy atom. The van der Waals surface area contributed by atoms with Crippen molar-refractivity contribution in [3.05, 3.63) is 0 Å². The first-order chi connectivity index (χ1) is 8.48. The first-order valence-corrected chi connectivity index (χ1v) is 7.47. The van der Waals surface area contributed by atoms with Crippen LogP contribution in [-0.2, 0) is 4.74 Å². The van der Waals surface area contributed by atoms with E-state index in [1.54, 1.807) is 0 Å². The van der Waals surface area contributed by atoms with Gasteiger partial charge in [-0.15, -0.1) is 0 Å². The summed E-state index contributed by atoms with van der Waals surface area (Å²) in [7, 11) is 1.82. The quantitative estimate of drug-likeness (QED) is 0.813.